The lowest BCUT2D eigenvalue weighted by Gasteiger charge is -2.10. The van der Waals surface area contributed by atoms with E-state index in [1.165, 1.54) is 11.3 Å². The van der Waals surface area contributed by atoms with Gasteiger partial charge in [0.05, 0.1) is 11.8 Å². The summed E-state index contributed by atoms with van der Waals surface area (Å²) in [6, 6.07) is 6.01. The molecule has 0 aliphatic carbocycles. The van der Waals surface area contributed by atoms with Gasteiger partial charge in [0.1, 0.15) is 4.88 Å². The molecule has 0 radical (unpaired) electrons. The molecule has 1 atom stereocenters. The summed E-state index contributed by atoms with van der Waals surface area (Å²) in [4.78, 5) is 12.7. The normalized spacial score (nSPS) is 12.6. The number of ether oxygens (including phenoxy) is 1. The summed E-state index contributed by atoms with van der Waals surface area (Å²) < 4.78 is 6.14. The number of thiophene rings is 1. The largest absolute Gasteiger partial charge is 0.397 e. The maximum absolute atomic E-state index is 12.1. The molecule has 0 fully saturated rings. The summed E-state index contributed by atoms with van der Waals surface area (Å²) in [7, 11) is 1.62. The molecule has 102 valence electrons. The van der Waals surface area contributed by atoms with E-state index in [0.29, 0.717) is 17.1 Å². The van der Waals surface area contributed by atoms with Crippen LogP contribution in [0.3, 0.4) is 0 Å². The third kappa shape index (κ3) is 2.88. The zero-order valence-electron chi connectivity index (χ0n) is 11.3. The van der Waals surface area contributed by atoms with E-state index in [1.807, 2.05) is 32.0 Å². The Kier molecular flexibility index (Phi) is 4.07. The number of nitrogen functional groups attached to an aromatic ring is 1. The summed E-state index contributed by atoms with van der Waals surface area (Å²) in [5.74, 6) is -0.139. The molecule has 2 aromatic rings. The van der Waals surface area contributed by atoms with E-state index in [2.05, 4.69) is 5.32 Å². The number of fused-ring (bicyclic) bond motifs is 1. The molecular weight excluding hydrogens is 260 g/mol. The minimum atomic E-state index is -0.139. The van der Waals surface area contributed by atoms with Crippen molar-refractivity contribution in [3.63, 3.8) is 0 Å². The molecule has 1 heterocycles. The molecule has 1 unspecified atom stereocenters. The predicted octanol–water partition coefficient (Wildman–Crippen LogP) is 2.56. The molecule has 1 aromatic carbocycles. The number of nitrogens with two attached hydrogens (primary N) is 1. The quantitative estimate of drug-likeness (QED) is 0.903. The van der Waals surface area contributed by atoms with Gasteiger partial charge in [0, 0.05) is 23.7 Å². The van der Waals surface area contributed by atoms with Crippen LogP contribution in [0.5, 0.6) is 0 Å². The number of anilines is 1. The van der Waals surface area contributed by atoms with Crippen LogP contribution in [0.1, 0.15) is 22.2 Å². The number of carbonyl (C=O) groups is 1. The van der Waals surface area contributed by atoms with Crippen LogP contribution in [0.4, 0.5) is 5.69 Å². The number of amides is 1. The van der Waals surface area contributed by atoms with Crippen molar-refractivity contribution in [1.29, 1.82) is 0 Å². The first-order valence-electron chi connectivity index (χ1n) is 6.12. The minimum absolute atomic E-state index is 0.0122. The fourth-order valence-electron chi connectivity index (χ4n) is 1.79. The highest BCUT2D eigenvalue weighted by Crippen LogP contribution is 2.34. The lowest BCUT2D eigenvalue weighted by Crippen LogP contribution is -2.31. The first-order valence-corrected chi connectivity index (χ1v) is 6.94. The number of benzene rings is 1. The second-order valence-electron chi connectivity index (χ2n) is 4.60. The van der Waals surface area contributed by atoms with Crippen LogP contribution in [0.2, 0.25) is 0 Å². The number of nitrogens with one attached hydrogen (secondary N) is 1. The van der Waals surface area contributed by atoms with Crippen molar-refractivity contribution in [1.82, 2.24) is 5.32 Å². The van der Waals surface area contributed by atoms with E-state index in [4.69, 9.17) is 10.5 Å². The summed E-state index contributed by atoms with van der Waals surface area (Å²) in [6.45, 7) is 4.40. The van der Waals surface area contributed by atoms with Gasteiger partial charge < -0.3 is 15.8 Å². The highest BCUT2D eigenvalue weighted by atomic mass is 32.1. The lowest BCUT2D eigenvalue weighted by molar-refractivity contribution is 0.0874. The van der Waals surface area contributed by atoms with Gasteiger partial charge >= 0.3 is 0 Å². The minimum Gasteiger partial charge on any atom is -0.397 e. The fraction of sp³-hybridized carbons (Fsp3) is 0.357. The molecule has 0 bridgehead atoms. The van der Waals surface area contributed by atoms with E-state index < -0.39 is 0 Å². The number of rotatable bonds is 4. The first kappa shape index (κ1) is 13.8. The monoisotopic (exact) mass is 278 g/mol. The number of carbonyl (C=O) groups excluding carboxylic acids is 1. The first-order chi connectivity index (χ1) is 9.02. The predicted molar refractivity (Wildman–Crippen MR) is 79.8 cm³/mol. The number of methoxy groups -OCH3 is 1. The molecule has 5 heteroatoms. The standard InChI is InChI=1S/C14H18N2O2S/c1-8-4-5-10-11(6-8)19-13(12(10)15)14(17)16-7-9(2)18-3/h4-6,9H,7,15H2,1-3H3,(H,16,17). The van der Waals surface area contributed by atoms with Crippen molar-refractivity contribution >= 4 is 33.0 Å². The van der Waals surface area contributed by atoms with E-state index >= 15 is 0 Å². The number of hydrogen-bond acceptors (Lipinski definition) is 4. The molecule has 0 spiro atoms. The Morgan fingerprint density at radius 2 is 2.26 bits per heavy atom. The van der Waals surface area contributed by atoms with Crippen molar-refractivity contribution in [2.75, 3.05) is 19.4 Å². The van der Waals surface area contributed by atoms with E-state index in [0.717, 1.165) is 15.6 Å². The number of hydrogen-bond donors (Lipinski definition) is 2. The van der Waals surface area contributed by atoms with Gasteiger partial charge in [0.2, 0.25) is 0 Å². The maximum Gasteiger partial charge on any atom is 0.263 e. The number of aryl methyl sites for hydroxylation is 1. The zero-order valence-corrected chi connectivity index (χ0v) is 12.1. The second-order valence-corrected chi connectivity index (χ2v) is 5.65. The molecule has 0 aliphatic heterocycles. The van der Waals surface area contributed by atoms with Crippen LogP contribution in [-0.4, -0.2) is 25.7 Å². The van der Waals surface area contributed by atoms with Crippen LogP contribution < -0.4 is 11.1 Å². The van der Waals surface area contributed by atoms with Crippen LogP contribution in [0, 0.1) is 6.92 Å². The van der Waals surface area contributed by atoms with Crippen LogP contribution >= 0.6 is 11.3 Å². The van der Waals surface area contributed by atoms with E-state index in [1.54, 1.807) is 7.11 Å². The zero-order chi connectivity index (χ0) is 14.0. The van der Waals surface area contributed by atoms with Gasteiger partial charge in [-0.05, 0) is 25.5 Å². The molecule has 0 saturated heterocycles. The average molecular weight is 278 g/mol. The molecule has 3 N–H and O–H groups in total. The van der Waals surface area contributed by atoms with E-state index in [9.17, 15) is 4.79 Å². The fourth-order valence-corrected chi connectivity index (χ4v) is 2.93. The Balaban J connectivity index is 2.25. The second kappa shape index (κ2) is 5.59. The summed E-state index contributed by atoms with van der Waals surface area (Å²) in [6.07, 6.45) is -0.0122. The van der Waals surface area contributed by atoms with Crippen molar-refractivity contribution in [3.05, 3.63) is 28.6 Å². The van der Waals surface area contributed by atoms with Crippen LogP contribution in [0.25, 0.3) is 10.1 Å². The maximum atomic E-state index is 12.1. The molecule has 19 heavy (non-hydrogen) atoms. The summed E-state index contributed by atoms with van der Waals surface area (Å²) in [5, 5.41) is 3.78. The van der Waals surface area contributed by atoms with Gasteiger partial charge in [0.25, 0.3) is 5.91 Å². The highest BCUT2D eigenvalue weighted by Gasteiger charge is 2.16. The van der Waals surface area contributed by atoms with E-state index in [-0.39, 0.29) is 12.0 Å². The molecular formula is C14H18N2O2S. The molecule has 4 nitrogen and oxygen atoms in total. The lowest BCUT2D eigenvalue weighted by atomic mass is 10.1. The van der Waals surface area contributed by atoms with Gasteiger partial charge in [-0.25, -0.2) is 0 Å². The Hall–Kier alpha value is -1.59. The SMILES string of the molecule is COC(C)CNC(=O)c1sc2cc(C)ccc2c1N. The highest BCUT2D eigenvalue weighted by molar-refractivity contribution is 7.21. The molecule has 2 rings (SSSR count). The smallest absolute Gasteiger partial charge is 0.263 e. The Morgan fingerprint density at radius 3 is 2.95 bits per heavy atom. The van der Waals surface area contributed by atoms with Gasteiger partial charge in [0.15, 0.2) is 0 Å². The molecule has 0 aliphatic rings. The molecule has 1 aromatic heterocycles. The van der Waals surface area contributed by atoms with Crippen molar-refractivity contribution in [2.45, 2.75) is 20.0 Å². The Labute approximate surface area is 116 Å². The van der Waals surface area contributed by atoms with Crippen molar-refractivity contribution in [3.8, 4) is 0 Å². The van der Waals surface area contributed by atoms with Crippen molar-refractivity contribution < 1.29 is 9.53 Å². The molecule has 1 amide bonds. The Bertz CT molecular complexity index is 607. The summed E-state index contributed by atoms with van der Waals surface area (Å²) in [5.41, 5.74) is 7.77. The topological polar surface area (TPSA) is 64.3 Å². The van der Waals surface area contributed by atoms with Gasteiger partial charge in [-0.1, -0.05) is 12.1 Å². The van der Waals surface area contributed by atoms with Crippen LogP contribution in [-0.2, 0) is 4.74 Å². The average Bonchev–Trinajstić information content (AvgIpc) is 2.72. The molecule has 0 saturated carbocycles. The Morgan fingerprint density at radius 1 is 1.53 bits per heavy atom. The van der Waals surface area contributed by atoms with Gasteiger partial charge in [-0.2, -0.15) is 0 Å². The van der Waals surface area contributed by atoms with Gasteiger partial charge in [-0.15, -0.1) is 11.3 Å². The third-order valence-corrected chi connectivity index (χ3v) is 4.21. The van der Waals surface area contributed by atoms with Gasteiger partial charge in [-0.3, -0.25) is 4.79 Å². The van der Waals surface area contributed by atoms with Crippen molar-refractivity contribution in [2.24, 2.45) is 0 Å². The third-order valence-electron chi connectivity index (χ3n) is 3.04. The van der Waals surface area contributed by atoms with Crippen LogP contribution in [0.15, 0.2) is 18.2 Å². The summed E-state index contributed by atoms with van der Waals surface area (Å²) >= 11 is 1.43.